The summed E-state index contributed by atoms with van der Waals surface area (Å²) in [5.41, 5.74) is 3.73. The van der Waals surface area contributed by atoms with Gasteiger partial charge in [0.2, 0.25) is 11.1 Å². The number of nitrogens with one attached hydrogen (secondary N) is 1. The van der Waals surface area contributed by atoms with Crippen LogP contribution in [0.5, 0.6) is 0 Å². The summed E-state index contributed by atoms with van der Waals surface area (Å²) in [4.78, 5) is 34.5. The minimum atomic E-state index is -0.772. The van der Waals surface area contributed by atoms with Gasteiger partial charge < -0.3 is 19.3 Å². The molecule has 0 saturated carbocycles. The Kier molecular flexibility index (Phi) is 9.79. The molecule has 1 aliphatic heterocycles. The van der Waals surface area contributed by atoms with Gasteiger partial charge in [0.1, 0.15) is 11.9 Å². The number of nitrogens with zero attached hydrogens (tertiary/aromatic N) is 8. The summed E-state index contributed by atoms with van der Waals surface area (Å²) in [6.45, 7) is 3.55. The number of aromatic amines is 1. The van der Waals surface area contributed by atoms with E-state index in [4.69, 9.17) is 21.2 Å². The van der Waals surface area contributed by atoms with Crippen LogP contribution >= 0.6 is 11.6 Å². The number of halogens is 1. The van der Waals surface area contributed by atoms with E-state index in [9.17, 15) is 14.8 Å². The van der Waals surface area contributed by atoms with Crippen LogP contribution < -0.4 is 0 Å². The normalized spacial score (nSPS) is 15.0. The van der Waals surface area contributed by atoms with E-state index in [0.717, 1.165) is 35.1 Å². The van der Waals surface area contributed by atoms with Crippen LogP contribution in [-0.4, -0.2) is 71.3 Å². The van der Waals surface area contributed by atoms with Crippen LogP contribution in [-0.2, 0) is 27.3 Å². The maximum absolute atomic E-state index is 13.1. The molecule has 4 aromatic rings. The molecule has 44 heavy (non-hydrogen) atoms. The summed E-state index contributed by atoms with van der Waals surface area (Å²) in [6, 6.07) is 15.1. The number of Topliss-reactive ketones (excluding diaryl/α,β-unsaturated/α-hetero) is 1. The number of aromatic nitrogens is 6. The molecular formula is C29H32ClN9O5. The number of aryl methyl sites for hydroxylation is 1. The summed E-state index contributed by atoms with van der Waals surface area (Å²) < 4.78 is 6.98. The Balaban J connectivity index is 1.30. The molecule has 3 heterocycles. The number of benzene rings is 2. The molecule has 1 saturated heterocycles. The topological polar surface area (TPSA) is 167 Å². The van der Waals surface area contributed by atoms with Crippen LogP contribution in [0.2, 0.25) is 5.15 Å². The van der Waals surface area contributed by atoms with Crippen molar-refractivity contribution >= 4 is 23.4 Å². The number of H-pyrrole nitrogens is 1. The Hall–Kier alpha value is -4.85. The molecule has 5 rings (SSSR count). The quantitative estimate of drug-likeness (QED) is 0.0549. The number of ether oxygens (including phenoxy) is 1. The zero-order valence-corrected chi connectivity index (χ0v) is 25.1. The standard InChI is InChI=1S/C29H32ClN9O5/c1-3-4-11-25-31-27(30)26(29(41)43-18-44-36-39(42)38-16-7-10-24(38)19(2)40)37(25)17-20-12-14-21(15-13-20)22-8-5-6-9-23(22)28-32-34-35-33-28/h5-6,8-9,12-15,24H,3-4,7,10-11,16-18H2,1-2H3,(H,32,33,34,35)/b39-36-/t24-/m0/s1. The number of hydrogen-bond acceptors (Lipinski definition) is 10. The van der Waals surface area contributed by atoms with Crippen molar-refractivity contribution in [2.24, 2.45) is 5.28 Å². The van der Waals surface area contributed by atoms with E-state index >= 15 is 0 Å². The summed E-state index contributed by atoms with van der Waals surface area (Å²) >= 11 is 6.44. The van der Waals surface area contributed by atoms with Gasteiger partial charge in [0, 0.05) is 18.5 Å². The number of hydrogen-bond donors (Lipinski definition) is 1. The Bertz CT molecular complexity index is 1620. The first-order chi connectivity index (χ1) is 21.4. The van der Waals surface area contributed by atoms with Crippen molar-refractivity contribution in [2.75, 3.05) is 13.3 Å². The van der Waals surface area contributed by atoms with Crippen molar-refractivity contribution in [1.82, 2.24) is 35.2 Å². The van der Waals surface area contributed by atoms with Gasteiger partial charge in [-0.1, -0.05) is 73.5 Å². The second-order valence-electron chi connectivity index (χ2n) is 10.3. The van der Waals surface area contributed by atoms with Crippen LogP contribution in [0.1, 0.15) is 61.4 Å². The third-order valence-electron chi connectivity index (χ3n) is 7.35. The first kappa shape index (κ1) is 30.6. The summed E-state index contributed by atoms with van der Waals surface area (Å²) in [5, 5.41) is 31.4. The lowest BCUT2D eigenvalue weighted by Gasteiger charge is -2.17. The smallest absolute Gasteiger partial charge is 0.361 e. The molecule has 0 spiro atoms. The van der Waals surface area contributed by atoms with Gasteiger partial charge in [-0.15, -0.1) is 15.2 Å². The molecule has 0 unspecified atom stereocenters. The molecule has 2 aromatic carbocycles. The van der Waals surface area contributed by atoms with Crippen molar-refractivity contribution in [1.29, 1.82) is 0 Å². The molecule has 230 valence electrons. The number of esters is 1. The summed E-state index contributed by atoms with van der Waals surface area (Å²) in [7, 11) is 0. The molecule has 0 bridgehead atoms. The highest BCUT2D eigenvalue weighted by Crippen LogP contribution is 2.30. The molecule has 1 atom stereocenters. The van der Waals surface area contributed by atoms with E-state index in [-0.39, 0.29) is 21.6 Å². The van der Waals surface area contributed by atoms with Crippen LogP contribution in [0.15, 0.2) is 53.8 Å². The minimum absolute atomic E-state index is 0.00974. The predicted octanol–water partition coefficient (Wildman–Crippen LogP) is 4.75. The number of hydrazine groups is 1. The molecule has 14 nitrogen and oxygen atoms in total. The third-order valence-corrected chi connectivity index (χ3v) is 7.62. The Labute approximate surface area is 258 Å². The highest BCUT2D eigenvalue weighted by atomic mass is 35.5. The number of ketones is 1. The average Bonchev–Trinajstić information content (AvgIpc) is 3.80. The monoisotopic (exact) mass is 621 g/mol. The van der Waals surface area contributed by atoms with Crippen molar-refractivity contribution in [3.05, 3.63) is 76.0 Å². The molecule has 1 aliphatic rings. The van der Waals surface area contributed by atoms with Crippen LogP contribution in [0.3, 0.4) is 0 Å². The molecule has 0 aliphatic carbocycles. The first-order valence-corrected chi connectivity index (χ1v) is 14.7. The number of carbonyl (C=O) groups excluding carboxylic acids is 2. The summed E-state index contributed by atoms with van der Waals surface area (Å²) in [5.74, 6) is 0.245. The Morgan fingerprint density at radius 3 is 2.66 bits per heavy atom. The van der Waals surface area contributed by atoms with Crippen molar-refractivity contribution in [3.8, 4) is 22.5 Å². The van der Waals surface area contributed by atoms with E-state index in [2.05, 4.69) is 37.8 Å². The Morgan fingerprint density at radius 1 is 1.18 bits per heavy atom. The second kappa shape index (κ2) is 14.1. The zero-order valence-electron chi connectivity index (χ0n) is 24.3. The maximum Gasteiger partial charge on any atom is 0.361 e. The second-order valence-corrected chi connectivity index (χ2v) is 10.6. The molecule has 15 heteroatoms. The number of tetrazole rings is 1. The third kappa shape index (κ3) is 6.86. The van der Waals surface area contributed by atoms with E-state index in [1.165, 1.54) is 11.9 Å². The van der Waals surface area contributed by atoms with Gasteiger partial charge in [0.15, 0.2) is 16.6 Å². The number of unbranched alkanes of at least 4 members (excludes halogenated alkanes) is 1. The fourth-order valence-electron chi connectivity index (χ4n) is 5.17. The lowest BCUT2D eigenvalue weighted by Crippen LogP contribution is -2.39. The number of carbonyl (C=O) groups is 2. The van der Waals surface area contributed by atoms with E-state index in [1.54, 1.807) is 4.57 Å². The van der Waals surface area contributed by atoms with Crippen molar-refractivity contribution in [3.63, 3.8) is 0 Å². The fraction of sp³-hybridized carbons (Fsp3) is 0.379. The van der Waals surface area contributed by atoms with Crippen LogP contribution in [0, 0.1) is 5.21 Å². The molecule has 1 fully saturated rings. The molecule has 2 aromatic heterocycles. The van der Waals surface area contributed by atoms with E-state index in [1.807, 2.05) is 48.5 Å². The summed E-state index contributed by atoms with van der Waals surface area (Å²) in [6.07, 6.45) is 3.65. The molecule has 0 amide bonds. The predicted molar refractivity (Wildman–Crippen MR) is 158 cm³/mol. The molecule has 1 N–H and O–H groups in total. The Morgan fingerprint density at radius 2 is 1.95 bits per heavy atom. The van der Waals surface area contributed by atoms with Crippen LogP contribution in [0.25, 0.3) is 22.5 Å². The highest BCUT2D eigenvalue weighted by Gasteiger charge is 2.34. The van der Waals surface area contributed by atoms with Gasteiger partial charge >= 0.3 is 5.97 Å². The maximum atomic E-state index is 13.1. The van der Waals surface area contributed by atoms with Gasteiger partial charge in [-0.2, -0.15) is 5.21 Å². The number of rotatable bonds is 13. The lowest BCUT2D eigenvalue weighted by atomic mass is 9.98. The van der Waals surface area contributed by atoms with Crippen LogP contribution in [0.4, 0.5) is 0 Å². The van der Waals surface area contributed by atoms with Crippen molar-refractivity contribution in [2.45, 2.75) is 58.5 Å². The number of imidazole rings is 1. The van der Waals surface area contributed by atoms with Gasteiger partial charge in [0.25, 0.3) is 6.79 Å². The first-order valence-electron chi connectivity index (χ1n) is 14.3. The van der Waals surface area contributed by atoms with Gasteiger partial charge in [-0.25, -0.2) is 9.78 Å². The highest BCUT2D eigenvalue weighted by molar-refractivity contribution is 6.32. The fourth-order valence-corrected chi connectivity index (χ4v) is 5.45. The molecular weight excluding hydrogens is 590 g/mol. The van der Waals surface area contributed by atoms with E-state index < -0.39 is 18.8 Å². The van der Waals surface area contributed by atoms with Gasteiger partial charge in [-0.3, -0.25) is 4.79 Å². The average molecular weight is 622 g/mol. The largest absolute Gasteiger partial charge is 0.569 e. The lowest BCUT2D eigenvalue weighted by molar-refractivity contribution is -0.712. The van der Waals surface area contributed by atoms with Gasteiger partial charge in [-0.05, 0) is 48.1 Å². The minimum Gasteiger partial charge on any atom is -0.569 e. The van der Waals surface area contributed by atoms with Crippen molar-refractivity contribution < 1.29 is 24.1 Å². The zero-order chi connectivity index (χ0) is 31.1. The van der Waals surface area contributed by atoms with Gasteiger partial charge in [0.05, 0.1) is 11.5 Å². The van der Waals surface area contributed by atoms with E-state index in [0.29, 0.717) is 44.0 Å². The molecule has 0 radical (unpaired) electrons. The SMILES string of the molecule is CCCCc1nc(Cl)c(C(=O)OCO/N=[N+](\[O-])N2CCC[C@H]2C(C)=O)n1Cc1ccc(-c2ccccc2-c2nn[nH]n2)cc1.